The lowest BCUT2D eigenvalue weighted by Crippen LogP contribution is -2.13. The zero-order chi connectivity index (χ0) is 15.6. The van der Waals surface area contributed by atoms with Gasteiger partial charge in [0, 0.05) is 11.3 Å². The number of carbonyl (C=O) groups is 2. The normalized spacial score (nSPS) is 10.2. The van der Waals surface area contributed by atoms with Crippen molar-refractivity contribution < 1.29 is 27.9 Å². The fourth-order valence-electron chi connectivity index (χ4n) is 1.61. The second-order valence-electron chi connectivity index (χ2n) is 4.08. The van der Waals surface area contributed by atoms with E-state index in [0.717, 1.165) is 24.3 Å². The number of nitrogens with one attached hydrogen (secondary N) is 1. The molecule has 0 atom stereocenters. The van der Waals surface area contributed by atoms with Crippen LogP contribution in [0.2, 0.25) is 0 Å². The van der Waals surface area contributed by atoms with Crippen LogP contribution in [0.15, 0.2) is 36.4 Å². The van der Waals surface area contributed by atoms with E-state index in [-0.39, 0.29) is 11.3 Å². The highest BCUT2D eigenvalue weighted by Crippen LogP contribution is 2.16. The molecule has 4 nitrogen and oxygen atoms in total. The molecule has 21 heavy (non-hydrogen) atoms. The summed E-state index contributed by atoms with van der Waals surface area (Å²) >= 11 is 0. The zero-order valence-electron chi connectivity index (χ0n) is 10.4. The van der Waals surface area contributed by atoms with Gasteiger partial charge in [-0.1, -0.05) is 0 Å². The first-order valence-corrected chi connectivity index (χ1v) is 5.67. The number of amides is 1. The molecule has 0 spiro atoms. The number of halogens is 3. The van der Waals surface area contributed by atoms with E-state index in [9.17, 15) is 22.8 Å². The molecule has 0 aromatic heterocycles. The molecular formula is C14H8F3NO3. The predicted octanol–water partition coefficient (Wildman–Crippen LogP) is 3.05. The van der Waals surface area contributed by atoms with Crippen molar-refractivity contribution in [2.45, 2.75) is 0 Å². The first-order valence-electron chi connectivity index (χ1n) is 5.67. The van der Waals surface area contributed by atoms with Gasteiger partial charge in [-0.25, -0.2) is 18.0 Å². The third-order valence-corrected chi connectivity index (χ3v) is 2.64. The number of anilines is 1. The van der Waals surface area contributed by atoms with Crippen LogP contribution in [-0.2, 0) is 0 Å². The minimum atomic E-state index is -1.44. The lowest BCUT2D eigenvalue weighted by molar-refractivity contribution is 0.0692. The Hall–Kier alpha value is -2.83. The van der Waals surface area contributed by atoms with Gasteiger partial charge in [-0.3, -0.25) is 4.79 Å². The van der Waals surface area contributed by atoms with Crippen LogP contribution in [0.1, 0.15) is 20.7 Å². The second kappa shape index (κ2) is 5.66. The van der Waals surface area contributed by atoms with Gasteiger partial charge >= 0.3 is 5.97 Å². The summed E-state index contributed by atoms with van der Waals surface area (Å²) in [6.45, 7) is 0. The van der Waals surface area contributed by atoms with Gasteiger partial charge < -0.3 is 10.4 Å². The Balaban J connectivity index is 2.21. The number of carboxylic acid groups (broad SMARTS) is 1. The van der Waals surface area contributed by atoms with E-state index in [1.807, 2.05) is 0 Å². The van der Waals surface area contributed by atoms with Crippen LogP contribution in [0.25, 0.3) is 0 Å². The zero-order valence-corrected chi connectivity index (χ0v) is 10.4. The molecule has 108 valence electrons. The Kier molecular flexibility index (Phi) is 3.93. The molecule has 2 aromatic rings. The van der Waals surface area contributed by atoms with Crippen molar-refractivity contribution in [3.05, 3.63) is 65.0 Å². The van der Waals surface area contributed by atoms with E-state index < -0.39 is 34.9 Å². The number of carboxylic acids is 1. The van der Waals surface area contributed by atoms with Crippen molar-refractivity contribution in [2.75, 3.05) is 5.32 Å². The summed E-state index contributed by atoms with van der Waals surface area (Å²) in [6, 6.07) is 5.55. The third kappa shape index (κ3) is 3.19. The summed E-state index contributed by atoms with van der Waals surface area (Å²) in [6.07, 6.45) is 0. The van der Waals surface area contributed by atoms with Gasteiger partial charge in [-0.15, -0.1) is 0 Å². The van der Waals surface area contributed by atoms with Gasteiger partial charge in [0.25, 0.3) is 5.91 Å². The molecular weight excluding hydrogens is 287 g/mol. The van der Waals surface area contributed by atoms with Gasteiger partial charge in [-0.2, -0.15) is 0 Å². The van der Waals surface area contributed by atoms with E-state index in [1.165, 1.54) is 6.07 Å². The number of hydrogen-bond donors (Lipinski definition) is 2. The van der Waals surface area contributed by atoms with Crippen LogP contribution in [0.4, 0.5) is 18.9 Å². The fourth-order valence-corrected chi connectivity index (χ4v) is 1.61. The number of rotatable bonds is 3. The van der Waals surface area contributed by atoms with Crippen LogP contribution >= 0.6 is 0 Å². The molecule has 0 unspecified atom stereocenters. The Morgan fingerprint density at radius 3 is 2.19 bits per heavy atom. The quantitative estimate of drug-likeness (QED) is 0.914. The number of aromatic carboxylic acids is 1. The van der Waals surface area contributed by atoms with E-state index in [1.54, 1.807) is 0 Å². The lowest BCUT2D eigenvalue weighted by Gasteiger charge is -2.07. The molecule has 2 rings (SSSR count). The maximum atomic E-state index is 13.4. The van der Waals surface area contributed by atoms with E-state index >= 15 is 0 Å². The summed E-state index contributed by atoms with van der Waals surface area (Å²) in [5, 5.41) is 10.9. The molecule has 0 saturated heterocycles. The molecule has 1 amide bonds. The number of carbonyl (C=O) groups excluding carboxylic acids is 1. The molecule has 0 bridgehead atoms. The Bertz CT molecular complexity index is 731. The molecule has 0 radical (unpaired) electrons. The minimum absolute atomic E-state index is 0.00719. The summed E-state index contributed by atoms with van der Waals surface area (Å²) < 4.78 is 39.2. The number of hydrogen-bond acceptors (Lipinski definition) is 2. The van der Waals surface area contributed by atoms with E-state index in [4.69, 9.17) is 5.11 Å². The highest BCUT2D eigenvalue weighted by molar-refractivity contribution is 6.04. The third-order valence-electron chi connectivity index (χ3n) is 2.64. The summed E-state index contributed by atoms with van der Waals surface area (Å²) in [7, 11) is 0. The van der Waals surface area contributed by atoms with Crippen molar-refractivity contribution in [3.63, 3.8) is 0 Å². The van der Waals surface area contributed by atoms with Crippen LogP contribution < -0.4 is 5.32 Å². The van der Waals surface area contributed by atoms with Crippen molar-refractivity contribution in [2.24, 2.45) is 0 Å². The molecule has 2 N–H and O–H groups in total. The molecule has 0 fully saturated rings. The van der Waals surface area contributed by atoms with Crippen LogP contribution in [-0.4, -0.2) is 17.0 Å². The SMILES string of the molecule is O=C(Nc1ccc(C(=O)O)c(F)c1)c1ccc(F)c(F)c1. The van der Waals surface area contributed by atoms with E-state index in [2.05, 4.69) is 5.32 Å². The largest absolute Gasteiger partial charge is 0.478 e. The van der Waals surface area contributed by atoms with Crippen LogP contribution in [0.5, 0.6) is 0 Å². The number of benzene rings is 2. The Labute approximate surface area is 116 Å². The Morgan fingerprint density at radius 2 is 1.62 bits per heavy atom. The topological polar surface area (TPSA) is 66.4 Å². The van der Waals surface area contributed by atoms with Crippen molar-refractivity contribution in [3.8, 4) is 0 Å². The molecule has 7 heteroatoms. The highest BCUT2D eigenvalue weighted by Gasteiger charge is 2.13. The average molecular weight is 295 g/mol. The van der Waals surface area contributed by atoms with Gasteiger partial charge in [0.15, 0.2) is 11.6 Å². The predicted molar refractivity (Wildman–Crippen MR) is 67.7 cm³/mol. The van der Waals surface area contributed by atoms with Gasteiger partial charge in [0.2, 0.25) is 0 Å². The lowest BCUT2D eigenvalue weighted by atomic mass is 10.1. The smallest absolute Gasteiger partial charge is 0.338 e. The fraction of sp³-hybridized carbons (Fsp3) is 0. The van der Waals surface area contributed by atoms with Gasteiger partial charge in [0.1, 0.15) is 5.82 Å². The van der Waals surface area contributed by atoms with Gasteiger partial charge in [-0.05, 0) is 36.4 Å². The molecule has 0 aliphatic rings. The maximum Gasteiger partial charge on any atom is 0.338 e. The average Bonchev–Trinajstić information content (AvgIpc) is 2.41. The molecule has 0 heterocycles. The summed E-state index contributed by atoms with van der Waals surface area (Å²) in [4.78, 5) is 22.4. The van der Waals surface area contributed by atoms with Crippen molar-refractivity contribution >= 4 is 17.6 Å². The standard InChI is InChI=1S/C14H8F3NO3/c15-10-4-1-7(5-12(10)17)13(19)18-8-2-3-9(14(20)21)11(16)6-8/h1-6H,(H,18,19)(H,20,21). The van der Waals surface area contributed by atoms with Crippen molar-refractivity contribution in [1.82, 2.24) is 0 Å². The molecule has 0 aliphatic heterocycles. The summed E-state index contributed by atoms with van der Waals surface area (Å²) in [5.74, 6) is -5.52. The highest BCUT2D eigenvalue weighted by atomic mass is 19.2. The Morgan fingerprint density at radius 1 is 0.905 bits per heavy atom. The monoisotopic (exact) mass is 295 g/mol. The van der Waals surface area contributed by atoms with Crippen LogP contribution in [0.3, 0.4) is 0 Å². The summed E-state index contributed by atoms with van der Waals surface area (Å²) in [5.41, 5.74) is -0.704. The molecule has 2 aromatic carbocycles. The maximum absolute atomic E-state index is 13.4. The first kappa shape index (κ1) is 14.6. The minimum Gasteiger partial charge on any atom is -0.478 e. The van der Waals surface area contributed by atoms with Crippen LogP contribution in [0, 0.1) is 17.5 Å². The second-order valence-corrected chi connectivity index (χ2v) is 4.08. The first-order chi connectivity index (χ1) is 9.88. The molecule has 0 aliphatic carbocycles. The van der Waals surface area contributed by atoms with E-state index in [0.29, 0.717) is 6.07 Å². The van der Waals surface area contributed by atoms with Crippen molar-refractivity contribution in [1.29, 1.82) is 0 Å². The van der Waals surface area contributed by atoms with Gasteiger partial charge in [0.05, 0.1) is 5.56 Å². The molecule has 0 saturated carbocycles.